The van der Waals surface area contributed by atoms with E-state index in [9.17, 15) is 4.79 Å². The standard InChI is InChI=1S/C17H23N5O/c1-13-6-8-16(9-7-13)18-10-4-5-17(23)20-19-11-15-12-22(3)21-14(15)2/h6-9,11-12,18H,4-5,10H2,1-3H3,(H,20,23)/b19-11+. The molecule has 0 bridgehead atoms. The molecule has 0 unspecified atom stereocenters. The van der Waals surface area contributed by atoms with Crippen molar-refractivity contribution in [2.75, 3.05) is 11.9 Å². The number of amides is 1. The zero-order valence-electron chi connectivity index (χ0n) is 13.8. The van der Waals surface area contributed by atoms with E-state index in [1.165, 1.54) is 5.56 Å². The molecule has 1 amide bonds. The number of anilines is 1. The van der Waals surface area contributed by atoms with E-state index in [-0.39, 0.29) is 5.91 Å². The van der Waals surface area contributed by atoms with Gasteiger partial charge in [0.05, 0.1) is 11.9 Å². The maximum Gasteiger partial charge on any atom is 0.240 e. The number of nitrogens with zero attached hydrogens (tertiary/aromatic N) is 3. The first-order chi connectivity index (χ1) is 11.0. The van der Waals surface area contributed by atoms with Gasteiger partial charge in [0.1, 0.15) is 0 Å². The van der Waals surface area contributed by atoms with Crippen molar-refractivity contribution in [1.82, 2.24) is 15.2 Å². The summed E-state index contributed by atoms with van der Waals surface area (Å²) in [5.41, 5.74) is 6.62. The zero-order chi connectivity index (χ0) is 16.7. The van der Waals surface area contributed by atoms with Crippen LogP contribution in [0.5, 0.6) is 0 Å². The molecule has 0 fully saturated rings. The fourth-order valence-corrected chi connectivity index (χ4v) is 2.13. The van der Waals surface area contributed by atoms with Crippen LogP contribution in [0.1, 0.15) is 29.7 Å². The summed E-state index contributed by atoms with van der Waals surface area (Å²) < 4.78 is 1.72. The molecule has 1 aromatic carbocycles. The number of aromatic nitrogens is 2. The fourth-order valence-electron chi connectivity index (χ4n) is 2.13. The molecule has 2 rings (SSSR count). The minimum absolute atomic E-state index is 0.0894. The van der Waals surface area contributed by atoms with Crippen molar-refractivity contribution in [1.29, 1.82) is 0 Å². The van der Waals surface area contributed by atoms with Crippen molar-refractivity contribution < 1.29 is 4.79 Å². The Kier molecular flexibility index (Phi) is 5.91. The molecule has 0 aliphatic rings. The van der Waals surface area contributed by atoms with Crippen molar-refractivity contribution in [2.45, 2.75) is 26.7 Å². The van der Waals surface area contributed by atoms with Crippen LogP contribution >= 0.6 is 0 Å². The van der Waals surface area contributed by atoms with Gasteiger partial charge >= 0.3 is 0 Å². The van der Waals surface area contributed by atoms with Gasteiger partial charge in [0.25, 0.3) is 0 Å². The molecule has 0 aliphatic heterocycles. The number of hydrazone groups is 1. The summed E-state index contributed by atoms with van der Waals surface area (Å²) in [6.07, 6.45) is 4.66. The largest absolute Gasteiger partial charge is 0.385 e. The minimum Gasteiger partial charge on any atom is -0.385 e. The maximum absolute atomic E-state index is 11.7. The van der Waals surface area contributed by atoms with Crippen molar-refractivity contribution in [3.8, 4) is 0 Å². The van der Waals surface area contributed by atoms with Crippen LogP contribution in [-0.4, -0.2) is 28.4 Å². The van der Waals surface area contributed by atoms with Gasteiger partial charge in [-0.3, -0.25) is 9.48 Å². The van der Waals surface area contributed by atoms with Crippen LogP contribution in [0.25, 0.3) is 0 Å². The van der Waals surface area contributed by atoms with Crippen LogP contribution in [0, 0.1) is 13.8 Å². The lowest BCUT2D eigenvalue weighted by atomic mass is 10.2. The Bertz CT molecular complexity index is 673. The SMILES string of the molecule is Cc1ccc(NCCCC(=O)N/N=C/c2cn(C)nc2C)cc1. The predicted molar refractivity (Wildman–Crippen MR) is 92.6 cm³/mol. The van der Waals surface area contributed by atoms with Gasteiger partial charge in [-0.25, -0.2) is 5.43 Å². The highest BCUT2D eigenvalue weighted by atomic mass is 16.2. The van der Waals surface area contributed by atoms with Gasteiger partial charge in [0, 0.05) is 37.5 Å². The lowest BCUT2D eigenvalue weighted by molar-refractivity contribution is -0.121. The van der Waals surface area contributed by atoms with Crippen LogP contribution in [0.4, 0.5) is 5.69 Å². The van der Waals surface area contributed by atoms with E-state index in [0.717, 1.165) is 29.9 Å². The molecule has 6 heteroatoms. The molecule has 0 saturated heterocycles. The van der Waals surface area contributed by atoms with Crippen molar-refractivity contribution >= 4 is 17.8 Å². The summed E-state index contributed by atoms with van der Waals surface area (Å²) in [6, 6.07) is 8.19. The number of benzene rings is 1. The predicted octanol–water partition coefficient (Wildman–Crippen LogP) is 2.38. The van der Waals surface area contributed by atoms with E-state index < -0.39 is 0 Å². The fraction of sp³-hybridized carbons (Fsp3) is 0.353. The molecule has 0 aliphatic carbocycles. The van der Waals surface area contributed by atoms with E-state index >= 15 is 0 Å². The summed E-state index contributed by atoms with van der Waals surface area (Å²) in [5, 5.41) is 11.5. The Balaban J connectivity index is 1.65. The molecule has 23 heavy (non-hydrogen) atoms. The molecule has 2 aromatic rings. The first-order valence-electron chi connectivity index (χ1n) is 7.67. The molecular formula is C17H23N5O. The third kappa shape index (κ3) is 5.58. The minimum atomic E-state index is -0.0894. The number of aryl methyl sites for hydroxylation is 3. The maximum atomic E-state index is 11.7. The van der Waals surface area contributed by atoms with Crippen LogP contribution in [-0.2, 0) is 11.8 Å². The normalized spacial score (nSPS) is 10.9. The second-order valence-electron chi connectivity index (χ2n) is 5.53. The smallest absolute Gasteiger partial charge is 0.240 e. The van der Waals surface area contributed by atoms with Gasteiger partial charge in [-0.05, 0) is 32.4 Å². The van der Waals surface area contributed by atoms with E-state index in [1.54, 1.807) is 10.9 Å². The van der Waals surface area contributed by atoms with Crippen LogP contribution < -0.4 is 10.7 Å². The molecule has 0 radical (unpaired) electrons. The molecule has 0 saturated carbocycles. The van der Waals surface area contributed by atoms with Crippen molar-refractivity contribution in [2.24, 2.45) is 12.1 Å². The monoisotopic (exact) mass is 313 g/mol. The Morgan fingerprint density at radius 3 is 2.70 bits per heavy atom. The van der Waals surface area contributed by atoms with Gasteiger partial charge in [-0.15, -0.1) is 0 Å². The Labute approximate surface area is 136 Å². The van der Waals surface area contributed by atoms with E-state index in [2.05, 4.69) is 40.0 Å². The average molecular weight is 313 g/mol. The molecule has 6 nitrogen and oxygen atoms in total. The highest BCUT2D eigenvalue weighted by Gasteiger charge is 2.01. The number of carbonyl (C=O) groups excluding carboxylic acids is 1. The topological polar surface area (TPSA) is 71.3 Å². The highest BCUT2D eigenvalue weighted by Crippen LogP contribution is 2.08. The summed E-state index contributed by atoms with van der Waals surface area (Å²) in [7, 11) is 1.85. The first kappa shape index (κ1) is 16.7. The summed E-state index contributed by atoms with van der Waals surface area (Å²) in [4.78, 5) is 11.7. The van der Waals surface area contributed by atoms with Crippen LogP contribution in [0.15, 0.2) is 35.6 Å². The van der Waals surface area contributed by atoms with Crippen LogP contribution in [0.2, 0.25) is 0 Å². The molecule has 1 aromatic heterocycles. The Hall–Kier alpha value is -2.63. The summed E-state index contributed by atoms with van der Waals surface area (Å²) in [6.45, 7) is 4.71. The quantitative estimate of drug-likeness (QED) is 0.468. The molecule has 1 heterocycles. The lowest BCUT2D eigenvalue weighted by Crippen LogP contribution is -2.18. The van der Waals surface area contributed by atoms with Gasteiger partial charge in [0.15, 0.2) is 0 Å². The third-order valence-corrected chi connectivity index (χ3v) is 3.41. The van der Waals surface area contributed by atoms with Crippen molar-refractivity contribution in [3.63, 3.8) is 0 Å². The van der Waals surface area contributed by atoms with E-state index in [4.69, 9.17) is 0 Å². The van der Waals surface area contributed by atoms with Gasteiger partial charge in [-0.1, -0.05) is 17.7 Å². The van der Waals surface area contributed by atoms with Crippen LogP contribution in [0.3, 0.4) is 0 Å². The van der Waals surface area contributed by atoms with E-state index in [1.807, 2.05) is 32.3 Å². The number of carbonyl (C=O) groups is 1. The second-order valence-corrected chi connectivity index (χ2v) is 5.53. The summed E-state index contributed by atoms with van der Waals surface area (Å²) >= 11 is 0. The first-order valence-corrected chi connectivity index (χ1v) is 7.67. The average Bonchev–Trinajstić information content (AvgIpc) is 2.83. The number of rotatable bonds is 7. The molecule has 0 atom stereocenters. The van der Waals surface area contributed by atoms with Gasteiger partial charge in [0.2, 0.25) is 5.91 Å². The number of nitrogens with one attached hydrogen (secondary N) is 2. The third-order valence-electron chi connectivity index (χ3n) is 3.41. The second kappa shape index (κ2) is 8.12. The Morgan fingerprint density at radius 1 is 1.30 bits per heavy atom. The van der Waals surface area contributed by atoms with Gasteiger partial charge < -0.3 is 5.32 Å². The number of hydrogen-bond donors (Lipinski definition) is 2. The number of hydrogen-bond acceptors (Lipinski definition) is 4. The lowest BCUT2D eigenvalue weighted by Gasteiger charge is -2.06. The van der Waals surface area contributed by atoms with Gasteiger partial charge in [-0.2, -0.15) is 10.2 Å². The molecule has 2 N–H and O–H groups in total. The van der Waals surface area contributed by atoms with Crippen molar-refractivity contribution in [3.05, 3.63) is 47.3 Å². The zero-order valence-corrected chi connectivity index (χ0v) is 13.8. The molecule has 0 spiro atoms. The highest BCUT2D eigenvalue weighted by molar-refractivity contribution is 5.83. The molecular weight excluding hydrogens is 290 g/mol. The molecule has 122 valence electrons. The Morgan fingerprint density at radius 2 is 2.04 bits per heavy atom. The summed E-state index contributed by atoms with van der Waals surface area (Å²) in [5.74, 6) is -0.0894. The van der Waals surface area contributed by atoms with E-state index in [0.29, 0.717) is 6.42 Å².